The highest BCUT2D eigenvalue weighted by Gasteiger charge is 2.34. The van der Waals surface area contributed by atoms with Crippen molar-refractivity contribution in [2.45, 2.75) is 109 Å². The van der Waals surface area contributed by atoms with E-state index in [1.165, 1.54) is 32.1 Å². The van der Waals surface area contributed by atoms with E-state index >= 15 is 0 Å². The van der Waals surface area contributed by atoms with Crippen LogP contribution in [-0.2, 0) is 6.54 Å². The van der Waals surface area contributed by atoms with Gasteiger partial charge in [0.1, 0.15) is 5.75 Å². The Morgan fingerprint density at radius 2 is 1.86 bits per heavy atom. The summed E-state index contributed by atoms with van der Waals surface area (Å²) in [5.41, 5.74) is 1.62. The summed E-state index contributed by atoms with van der Waals surface area (Å²) >= 11 is 0. The molecule has 1 atom stereocenters. The molecule has 1 aromatic carbocycles. The van der Waals surface area contributed by atoms with E-state index in [4.69, 9.17) is 4.74 Å². The number of fused-ring (bicyclic) bond motifs is 1. The first kappa shape index (κ1) is 24.9. The molecule has 0 spiro atoms. The molecule has 0 aliphatic heterocycles. The maximum absolute atomic E-state index is 13.2. The molecule has 2 saturated carbocycles. The van der Waals surface area contributed by atoms with Gasteiger partial charge in [0.15, 0.2) is 5.82 Å². The standard InChI is InChI=1S/C28H40N6O2/c1-3-10-26(27-30-31-32-34(27)23-13-8-9-14-23)33(22-11-6-5-7-12-22)19-21-17-20-18-24(36-4-2)15-16-25(20)29-28(21)35/h15-18,22-23,26H,3-14,19H2,1-2H3,(H,29,35)/t26-/m1/s1. The van der Waals surface area contributed by atoms with Crippen LogP contribution in [0.3, 0.4) is 0 Å². The molecule has 2 fully saturated rings. The SMILES string of the molecule is CCC[C@H](c1nnnn1C1CCCC1)N(Cc1cc2cc(OCC)ccc2[nH]c1=O)C1CCCCC1. The van der Waals surface area contributed by atoms with Gasteiger partial charge in [-0.05, 0) is 73.7 Å². The number of hydrogen-bond donors (Lipinski definition) is 1. The number of rotatable bonds is 10. The molecule has 2 aromatic heterocycles. The molecule has 0 saturated heterocycles. The minimum Gasteiger partial charge on any atom is -0.494 e. The van der Waals surface area contributed by atoms with E-state index in [1.807, 2.05) is 25.1 Å². The highest BCUT2D eigenvalue weighted by Crippen LogP contribution is 2.37. The average molecular weight is 493 g/mol. The molecule has 2 aliphatic carbocycles. The Hall–Kier alpha value is -2.74. The van der Waals surface area contributed by atoms with Crippen molar-refractivity contribution < 1.29 is 4.74 Å². The van der Waals surface area contributed by atoms with Crippen molar-refractivity contribution in [3.8, 4) is 5.75 Å². The number of hydrogen-bond acceptors (Lipinski definition) is 6. The number of benzene rings is 1. The molecular weight excluding hydrogens is 452 g/mol. The van der Waals surface area contributed by atoms with Gasteiger partial charge in [0, 0.05) is 29.1 Å². The Kier molecular flexibility index (Phi) is 7.99. The largest absolute Gasteiger partial charge is 0.494 e. The monoisotopic (exact) mass is 492 g/mol. The Bertz CT molecular complexity index is 1190. The van der Waals surface area contributed by atoms with Gasteiger partial charge >= 0.3 is 0 Å². The zero-order chi connectivity index (χ0) is 24.9. The summed E-state index contributed by atoms with van der Waals surface area (Å²) < 4.78 is 7.83. The second-order valence-corrected chi connectivity index (χ2v) is 10.5. The van der Waals surface area contributed by atoms with Crippen molar-refractivity contribution in [1.82, 2.24) is 30.1 Å². The van der Waals surface area contributed by atoms with Crippen LogP contribution in [0.4, 0.5) is 0 Å². The number of pyridine rings is 1. The molecule has 8 nitrogen and oxygen atoms in total. The molecule has 194 valence electrons. The maximum atomic E-state index is 13.2. The maximum Gasteiger partial charge on any atom is 0.252 e. The number of nitrogens with one attached hydrogen (secondary N) is 1. The van der Waals surface area contributed by atoms with E-state index < -0.39 is 0 Å². The molecule has 1 N–H and O–H groups in total. The Morgan fingerprint density at radius 1 is 1.08 bits per heavy atom. The van der Waals surface area contributed by atoms with Gasteiger partial charge in [-0.15, -0.1) is 5.10 Å². The van der Waals surface area contributed by atoms with Crippen LogP contribution in [0.25, 0.3) is 10.9 Å². The first-order valence-electron chi connectivity index (χ1n) is 14.0. The van der Waals surface area contributed by atoms with Crippen LogP contribution in [0.15, 0.2) is 29.1 Å². The fourth-order valence-corrected chi connectivity index (χ4v) is 6.25. The van der Waals surface area contributed by atoms with E-state index in [2.05, 4.69) is 43.1 Å². The molecule has 2 heterocycles. The lowest BCUT2D eigenvalue weighted by molar-refractivity contribution is 0.0798. The lowest BCUT2D eigenvalue weighted by Gasteiger charge is -2.39. The third-order valence-corrected chi connectivity index (χ3v) is 8.05. The number of aromatic amines is 1. The van der Waals surface area contributed by atoms with Crippen molar-refractivity contribution in [3.05, 3.63) is 46.0 Å². The van der Waals surface area contributed by atoms with Gasteiger partial charge in [0.2, 0.25) is 0 Å². The summed E-state index contributed by atoms with van der Waals surface area (Å²) in [6, 6.07) is 8.83. The zero-order valence-electron chi connectivity index (χ0n) is 21.8. The highest BCUT2D eigenvalue weighted by atomic mass is 16.5. The summed E-state index contributed by atoms with van der Waals surface area (Å²) in [7, 11) is 0. The summed E-state index contributed by atoms with van der Waals surface area (Å²) in [4.78, 5) is 18.9. The Morgan fingerprint density at radius 3 is 2.61 bits per heavy atom. The van der Waals surface area contributed by atoms with Gasteiger partial charge in [-0.25, -0.2) is 4.68 Å². The number of nitrogens with zero attached hydrogens (tertiary/aromatic N) is 5. The van der Waals surface area contributed by atoms with Crippen LogP contribution in [0.5, 0.6) is 5.75 Å². The summed E-state index contributed by atoms with van der Waals surface area (Å²) in [6.07, 6.45) is 12.9. The molecule has 2 aliphatic rings. The third-order valence-electron chi connectivity index (χ3n) is 8.05. The average Bonchev–Trinajstić information content (AvgIpc) is 3.59. The lowest BCUT2D eigenvalue weighted by atomic mass is 9.91. The predicted octanol–water partition coefficient (Wildman–Crippen LogP) is 5.70. The van der Waals surface area contributed by atoms with Crippen molar-refractivity contribution >= 4 is 10.9 Å². The number of ether oxygens (including phenoxy) is 1. The van der Waals surface area contributed by atoms with Crippen molar-refractivity contribution in [1.29, 1.82) is 0 Å². The van der Waals surface area contributed by atoms with Crippen LogP contribution < -0.4 is 10.3 Å². The number of tetrazole rings is 1. The molecule has 8 heteroatoms. The Balaban J connectivity index is 1.52. The normalized spacial score (nSPS) is 18.3. The molecule has 0 unspecified atom stereocenters. The first-order valence-corrected chi connectivity index (χ1v) is 14.0. The molecule has 3 aromatic rings. The van der Waals surface area contributed by atoms with E-state index in [0.717, 1.165) is 66.6 Å². The molecule has 5 rings (SSSR count). The minimum atomic E-state index is -0.0156. The molecular formula is C28H40N6O2. The van der Waals surface area contributed by atoms with Gasteiger partial charge < -0.3 is 9.72 Å². The smallest absolute Gasteiger partial charge is 0.252 e. The lowest BCUT2D eigenvalue weighted by Crippen LogP contribution is -2.41. The summed E-state index contributed by atoms with van der Waals surface area (Å²) in [6.45, 7) is 5.42. The van der Waals surface area contributed by atoms with Crippen LogP contribution in [0.1, 0.15) is 108 Å². The Labute approximate surface area is 213 Å². The topological polar surface area (TPSA) is 88.9 Å². The summed E-state index contributed by atoms with van der Waals surface area (Å²) in [5.74, 6) is 1.80. The predicted molar refractivity (Wildman–Crippen MR) is 141 cm³/mol. The van der Waals surface area contributed by atoms with Gasteiger partial charge in [-0.2, -0.15) is 0 Å². The van der Waals surface area contributed by atoms with Crippen molar-refractivity contribution in [3.63, 3.8) is 0 Å². The fourth-order valence-electron chi connectivity index (χ4n) is 6.25. The van der Waals surface area contributed by atoms with E-state index in [-0.39, 0.29) is 11.6 Å². The van der Waals surface area contributed by atoms with Crippen molar-refractivity contribution in [2.24, 2.45) is 0 Å². The van der Waals surface area contributed by atoms with Crippen LogP contribution in [-0.4, -0.2) is 42.7 Å². The summed E-state index contributed by atoms with van der Waals surface area (Å²) in [5, 5.41) is 14.2. The molecule has 0 bridgehead atoms. The van der Waals surface area contributed by atoms with Crippen LogP contribution in [0.2, 0.25) is 0 Å². The molecule has 0 amide bonds. The van der Waals surface area contributed by atoms with Crippen LogP contribution in [0, 0.1) is 0 Å². The van der Waals surface area contributed by atoms with Gasteiger partial charge in [0.25, 0.3) is 5.56 Å². The quantitative estimate of drug-likeness (QED) is 0.390. The third kappa shape index (κ3) is 5.33. The second kappa shape index (κ2) is 11.5. The number of H-pyrrole nitrogens is 1. The second-order valence-electron chi connectivity index (χ2n) is 10.5. The highest BCUT2D eigenvalue weighted by molar-refractivity contribution is 5.80. The van der Waals surface area contributed by atoms with E-state index in [0.29, 0.717) is 25.2 Å². The minimum absolute atomic E-state index is 0.0156. The first-order chi connectivity index (χ1) is 17.7. The molecule has 36 heavy (non-hydrogen) atoms. The van der Waals surface area contributed by atoms with Gasteiger partial charge in [-0.1, -0.05) is 45.4 Å². The van der Waals surface area contributed by atoms with Crippen LogP contribution >= 0.6 is 0 Å². The molecule has 0 radical (unpaired) electrons. The van der Waals surface area contributed by atoms with E-state index in [1.54, 1.807) is 0 Å². The fraction of sp³-hybridized carbons (Fsp3) is 0.643. The van der Waals surface area contributed by atoms with Gasteiger partial charge in [-0.3, -0.25) is 9.69 Å². The zero-order valence-corrected chi connectivity index (χ0v) is 21.8. The van der Waals surface area contributed by atoms with E-state index in [9.17, 15) is 4.79 Å². The van der Waals surface area contributed by atoms with Gasteiger partial charge in [0.05, 0.1) is 18.7 Å². The number of aromatic nitrogens is 5. The van der Waals surface area contributed by atoms with Crippen molar-refractivity contribution in [2.75, 3.05) is 6.61 Å².